The Labute approximate surface area is 128 Å². The summed E-state index contributed by atoms with van der Waals surface area (Å²) in [7, 11) is 0. The third kappa shape index (κ3) is 3.34. The van der Waals surface area contributed by atoms with E-state index in [1.807, 2.05) is 24.3 Å². The van der Waals surface area contributed by atoms with Crippen molar-refractivity contribution in [3.63, 3.8) is 0 Å². The van der Waals surface area contributed by atoms with Crippen molar-refractivity contribution >= 4 is 22.2 Å². The molecule has 1 aromatic heterocycles. The van der Waals surface area contributed by atoms with Gasteiger partial charge in [0, 0.05) is 49.4 Å². The summed E-state index contributed by atoms with van der Waals surface area (Å²) in [6, 6.07) is 7.83. The maximum absolute atomic E-state index is 8.98. The molecule has 1 fully saturated rings. The van der Waals surface area contributed by atoms with Gasteiger partial charge in [-0.25, -0.2) is 4.98 Å². The number of benzene rings is 1. The summed E-state index contributed by atoms with van der Waals surface area (Å²) in [4.78, 5) is 9.33. The van der Waals surface area contributed by atoms with Gasteiger partial charge in [-0.2, -0.15) is 0 Å². The van der Waals surface area contributed by atoms with E-state index >= 15 is 0 Å². The van der Waals surface area contributed by atoms with Crippen LogP contribution in [0.15, 0.2) is 29.6 Å². The van der Waals surface area contributed by atoms with E-state index in [0.29, 0.717) is 0 Å². The minimum Gasteiger partial charge on any atom is -0.399 e. The number of nitrogens with zero attached hydrogens (tertiary/aromatic N) is 3. The summed E-state index contributed by atoms with van der Waals surface area (Å²) in [5.74, 6) is 0. The monoisotopic (exact) mass is 304 g/mol. The molecule has 0 saturated carbocycles. The normalized spacial score (nSPS) is 16.3. The molecule has 2 aromatic rings. The van der Waals surface area contributed by atoms with Crippen molar-refractivity contribution in [1.82, 2.24) is 9.88 Å². The number of nitrogens with two attached hydrogens (primary N) is 1. The van der Waals surface area contributed by atoms with Crippen molar-refractivity contribution in [2.75, 3.05) is 50.0 Å². The number of aliphatic hydroxyl groups excluding tert-OH is 1. The first-order valence-corrected chi connectivity index (χ1v) is 8.04. The molecular formula is C15H20N4OS. The molecule has 112 valence electrons. The number of aliphatic hydroxyl groups is 1. The van der Waals surface area contributed by atoms with E-state index in [1.54, 1.807) is 11.3 Å². The number of aromatic nitrogens is 1. The SMILES string of the molecule is Nc1cccc(-c2csc(N3CCN(CCO)CC3)n2)c1. The number of anilines is 2. The summed E-state index contributed by atoms with van der Waals surface area (Å²) in [5.41, 5.74) is 8.64. The Kier molecular flexibility index (Phi) is 4.38. The van der Waals surface area contributed by atoms with Gasteiger partial charge in [0.1, 0.15) is 0 Å². The van der Waals surface area contributed by atoms with Crippen LogP contribution < -0.4 is 10.6 Å². The van der Waals surface area contributed by atoms with Crippen LogP contribution in [0.5, 0.6) is 0 Å². The first-order valence-electron chi connectivity index (χ1n) is 7.16. The minimum atomic E-state index is 0.233. The van der Waals surface area contributed by atoms with E-state index in [0.717, 1.165) is 54.8 Å². The maximum Gasteiger partial charge on any atom is 0.185 e. The highest BCUT2D eigenvalue weighted by Gasteiger charge is 2.19. The zero-order chi connectivity index (χ0) is 14.7. The van der Waals surface area contributed by atoms with Gasteiger partial charge in [0.25, 0.3) is 0 Å². The molecule has 1 aliphatic rings. The van der Waals surface area contributed by atoms with E-state index in [4.69, 9.17) is 15.8 Å². The molecule has 21 heavy (non-hydrogen) atoms. The molecule has 1 aliphatic heterocycles. The highest BCUT2D eigenvalue weighted by atomic mass is 32.1. The average molecular weight is 304 g/mol. The zero-order valence-electron chi connectivity index (χ0n) is 11.9. The fourth-order valence-corrected chi connectivity index (χ4v) is 3.43. The third-order valence-corrected chi connectivity index (χ3v) is 4.63. The molecule has 1 saturated heterocycles. The lowest BCUT2D eigenvalue weighted by atomic mass is 10.1. The van der Waals surface area contributed by atoms with Gasteiger partial charge in [-0.1, -0.05) is 12.1 Å². The smallest absolute Gasteiger partial charge is 0.185 e. The highest BCUT2D eigenvalue weighted by molar-refractivity contribution is 7.14. The van der Waals surface area contributed by atoms with Gasteiger partial charge in [0.15, 0.2) is 5.13 Å². The Morgan fingerprint density at radius 3 is 2.76 bits per heavy atom. The molecule has 0 amide bonds. The number of β-amino-alcohol motifs (C(OH)–C–C–N with tert-alkyl or cyclic N) is 1. The van der Waals surface area contributed by atoms with Gasteiger partial charge >= 0.3 is 0 Å². The Morgan fingerprint density at radius 1 is 1.24 bits per heavy atom. The van der Waals surface area contributed by atoms with Crippen LogP contribution in [0.25, 0.3) is 11.3 Å². The predicted octanol–water partition coefficient (Wildman–Crippen LogP) is 1.51. The number of rotatable bonds is 4. The quantitative estimate of drug-likeness (QED) is 0.838. The Morgan fingerprint density at radius 2 is 2.05 bits per heavy atom. The molecule has 0 bridgehead atoms. The van der Waals surface area contributed by atoms with E-state index in [2.05, 4.69) is 15.2 Å². The summed E-state index contributed by atoms with van der Waals surface area (Å²) in [6.45, 7) is 4.88. The van der Waals surface area contributed by atoms with Gasteiger partial charge in [0.2, 0.25) is 0 Å². The fourth-order valence-electron chi connectivity index (χ4n) is 2.54. The second-order valence-corrected chi connectivity index (χ2v) is 6.03. The van der Waals surface area contributed by atoms with Gasteiger partial charge < -0.3 is 15.7 Å². The summed E-state index contributed by atoms with van der Waals surface area (Å²) < 4.78 is 0. The molecule has 6 heteroatoms. The molecule has 3 N–H and O–H groups in total. The van der Waals surface area contributed by atoms with Crippen LogP contribution in [0, 0.1) is 0 Å². The molecule has 1 aromatic carbocycles. The summed E-state index contributed by atoms with van der Waals surface area (Å²) in [6.07, 6.45) is 0. The topological polar surface area (TPSA) is 65.6 Å². The Hall–Kier alpha value is -1.63. The van der Waals surface area contributed by atoms with Gasteiger partial charge in [-0.3, -0.25) is 4.90 Å². The minimum absolute atomic E-state index is 0.233. The van der Waals surface area contributed by atoms with Crippen molar-refractivity contribution in [3.05, 3.63) is 29.6 Å². The van der Waals surface area contributed by atoms with Crippen LogP contribution in [0.4, 0.5) is 10.8 Å². The van der Waals surface area contributed by atoms with Crippen LogP contribution in [0.1, 0.15) is 0 Å². The largest absolute Gasteiger partial charge is 0.399 e. The molecule has 2 heterocycles. The van der Waals surface area contributed by atoms with Crippen LogP contribution in [-0.4, -0.2) is 54.3 Å². The molecule has 5 nitrogen and oxygen atoms in total. The van der Waals surface area contributed by atoms with Gasteiger partial charge in [-0.05, 0) is 12.1 Å². The average Bonchev–Trinajstić information content (AvgIpc) is 2.98. The van der Waals surface area contributed by atoms with E-state index < -0.39 is 0 Å². The van der Waals surface area contributed by atoms with Crippen molar-refractivity contribution in [2.45, 2.75) is 0 Å². The number of hydrogen-bond donors (Lipinski definition) is 2. The summed E-state index contributed by atoms with van der Waals surface area (Å²) >= 11 is 1.68. The van der Waals surface area contributed by atoms with Crippen LogP contribution >= 0.6 is 11.3 Å². The van der Waals surface area contributed by atoms with Crippen molar-refractivity contribution in [2.24, 2.45) is 0 Å². The van der Waals surface area contributed by atoms with Crippen molar-refractivity contribution < 1.29 is 5.11 Å². The molecular weight excluding hydrogens is 284 g/mol. The van der Waals surface area contributed by atoms with Gasteiger partial charge in [0.05, 0.1) is 12.3 Å². The lowest BCUT2D eigenvalue weighted by molar-refractivity contribution is 0.189. The predicted molar refractivity (Wildman–Crippen MR) is 87.7 cm³/mol. The molecule has 0 atom stereocenters. The molecule has 0 spiro atoms. The Balaban J connectivity index is 1.68. The number of hydrogen-bond acceptors (Lipinski definition) is 6. The molecule has 0 radical (unpaired) electrons. The van der Waals surface area contributed by atoms with Crippen LogP contribution in [0.2, 0.25) is 0 Å². The fraction of sp³-hybridized carbons (Fsp3) is 0.400. The Bertz CT molecular complexity index is 593. The van der Waals surface area contributed by atoms with E-state index in [9.17, 15) is 0 Å². The third-order valence-electron chi connectivity index (χ3n) is 3.73. The van der Waals surface area contributed by atoms with E-state index in [1.165, 1.54) is 0 Å². The lowest BCUT2D eigenvalue weighted by Gasteiger charge is -2.34. The van der Waals surface area contributed by atoms with Crippen LogP contribution in [0.3, 0.4) is 0 Å². The first-order chi connectivity index (χ1) is 10.3. The second kappa shape index (κ2) is 6.43. The maximum atomic E-state index is 8.98. The van der Waals surface area contributed by atoms with Gasteiger partial charge in [-0.15, -0.1) is 11.3 Å². The highest BCUT2D eigenvalue weighted by Crippen LogP contribution is 2.28. The van der Waals surface area contributed by atoms with E-state index in [-0.39, 0.29) is 6.61 Å². The standard InChI is InChI=1S/C15H20N4OS/c16-13-3-1-2-12(10-13)14-11-21-15(17-14)19-6-4-18(5-7-19)8-9-20/h1-3,10-11,20H,4-9,16H2. The summed E-state index contributed by atoms with van der Waals surface area (Å²) in [5, 5.41) is 12.1. The molecule has 0 unspecified atom stereocenters. The molecule has 3 rings (SSSR count). The second-order valence-electron chi connectivity index (χ2n) is 5.19. The lowest BCUT2D eigenvalue weighted by Crippen LogP contribution is -2.47. The number of nitrogen functional groups attached to an aromatic ring is 1. The number of thiazole rings is 1. The molecule has 0 aliphatic carbocycles. The first kappa shape index (κ1) is 14.3. The van der Waals surface area contributed by atoms with Crippen molar-refractivity contribution in [1.29, 1.82) is 0 Å². The van der Waals surface area contributed by atoms with Crippen LogP contribution in [-0.2, 0) is 0 Å². The zero-order valence-corrected chi connectivity index (χ0v) is 12.7. The van der Waals surface area contributed by atoms with Crippen molar-refractivity contribution in [3.8, 4) is 11.3 Å². The number of piperazine rings is 1.